The summed E-state index contributed by atoms with van der Waals surface area (Å²) >= 11 is 1.54. The van der Waals surface area contributed by atoms with Gasteiger partial charge in [0.15, 0.2) is 5.78 Å². The summed E-state index contributed by atoms with van der Waals surface area (Å²) in [4.78, 5) is 15.6. The number of aliphatic hydroxyl groups is 2. The molecular formula is C36H47NO6S2. The van der Waals surface area contributed by atoms with E-state index in [1.165, 1.54) is 21.9 Å². The van der Waals surface area contributed by atoms with E-state index in [4.69, 9.17) is 4.74 Å². The minimum absolute atomic E-state index is 0.0306. The van der Waals surface area contributed by atoms with Crippen LogP contribution in [0.5, 0.6) is 0 Å². The molecular weight excluding hydrogens is 607 g/mol. The first-order valence-electron chi connectivity index (χ1n) is 16.5. The van der Waals surface area contributed by atoms with E-state index in [1.54, 1.807) is 7.11 Å². The Labute approximate surface area is 271 Å². The molecule has 8 atom stereocenters. The van der Waals surface area contributed by atoms with E-state index in [9.17, 15) is 23.4 Å². The lowest BCUT2D eigenvalue weighted by atomic mass is 9.32. The van der Waals surface area contributed by atoms with E-state index >= 15 is 0 Å². The largest absolute Gasteiger partial charge is 0.393 e. The summed E-state index contributed by atoms with van der Waals surface area (Å²) < 4.78 is 33.6. The number of carbonyl (C=O) groups is 1. The highest BCUT2D eigenvalue weighted by molar-refractivity contribution is 7.88. The Kier molecular flexibility index (Phi) is 7.44. The number of hydrogen-bond donors (Lipinski definition) is 2. The Hall–Kier alpha value is -1.88. The van der Waals surface area contributed by atoms with Gasteiger partial charge in [0.2, 0.25) is 10.0 Å². The van der Waals surface area contributed by atoms with E-state index in [0.717, 1.165) is 46.2 Å². The van der Waals surface area contributed by atoms with E-state index in [-0.39, 0.29) is 29.6 Å². The van der Waals surface area contributed by atoms with Gasteiger partial charge >= 0.3 is 0 Å². The number of Topliss-reactive ketones (excluding diaryl/α,β-unsaturated/α-hetero) is 1. The predicted octanol–water partition coefficient (Wildman–Crippen LogP) is 5.97. The summed E-state index contributed by atoms with van der Waals surface area (Å²) in [5.41, 5.74) is -2.09. The van der Waals surface area contributed by atoms with E-state index in [1.807, 2.05) is 24.3 Å². The van der Waals surface area contributed by atoms with Gasteiger partial charge in [0, 0.05) is 53.3 Å². The van der Waals surface area contributed by atoms with Gasteiger partial charge in [0.05, 0.1) is 22.8 Å². The number of ether oxygens (including phenoxy) is 1. The summed E-state index contributed by atoms with van der Waals surface area (Å²) in [6.45, 7) is 5.32. The van der Waals surface area contributed by atoms with Gasteiger partial charge < -0.3 is 14.9 Å². The molecule has 244 valence electrons. The first-order valence-corrected chi connectivity index (χ1v) is 19.2. The molecule has 7 nitrogen and oxygen atoms in total. The number of methoxy groups -OCH3 is 1. The topological polar surface area (TPSA) is 104 Å². The first-order chi connectivity index (χ1) is 21.2. The molecule has 1 aromatic carbocycles. The van der Waals surface area contributed by atoms with Gasteiger partial charge in [-0.1, -0.05) is 50.3 Å². The summed E-state index contributed by atoms with van der Waals surface area (Å²) in [5, 5.41) is 24.6. The molecule has 45 heavy (non-hydrogen) atoms. The van der Waals surface area contributed by atoms with Crippen LogP contribution in [0.25, 0.3) is 10.1 Å². The van der Waals surface area contributed by atoms with Crippen molar-refractivity contribution in [1.29, 1.82) is 0 Å². The third kappa shape index (κ3) is 4.40. The van der Waals surface area contributed by atoms with Crippen molar-refractivity contribution in [3.05, 3.63) is 59.0 Å². The molecule has 9 heteroatoms. The molecule has 1 aromatic heterocycles. The van der Waals surface area contributed by atoms with Crippen LogP contribution in [0.1, 0.15) is 74.9 Å². The fraction of sp³-hybridized carbons (Fsp3) is 0.639. The third-order valence-corrected chi connectivity index (χ3v) is 15.6. The lowest BCUT2D eigenvalue weighted by Gasteiger charge is -2.71. The Morgan fingerprint density at radius 1 is 1.07 bits per heavy atom. The zero-order chi connectivity index (χ0) is 32.0. The van der Waals surface area contributed by atoms with Crippen molar-refractivity contribution in [3.63, 3.8) is 0 Å². The van der Waals surface area contributed by atoms with Crippen molar-refractivity contribution in [2.45, 2.75) is 76.9 Å². The van der Waals surface area contributed by atoms with Gasteiger partial charge in [0.25, 0.3) is 0 Å². The van der Waals surface area contributed by atoms with Gasteiger partial charge in [-0.2, -0.15) is 4.31 Å². The molecule has 2 bridgehead atoms. The smallest absolute Gasteiger partial charge is 0.211 e. The maximum Gasteiger partial charge on any atom is 0.211 e. The van der Waals surface area contributed by atoms with Crippen LogP contribution in [0, 0.1) is 33.5 Å². The van der Waals surface area contributed by atoms with Gasteiger partial charge in [-0.3, -0.25) is 4.79 Å². The van der Waals surface area contributed by atoms with Gasteiger partial charge in [-0.05, 0) is 86.1 Å². The molecule has 8 rings (SSSR count). The summed E-state index contributed by atoms with van der Waals surface area (Å²) in [6, 6.07) is 10.1. The molecule has 2 spiro atoms. The average molecular weight is 654 g/mol. The van der Waals surface area contributed by atoms with E-state index in [2.05, 4.69) is 38.1 Å². The normalized spacial score (nSPS) is 40.3. The number of allylic oxidation sites excluding steroid dienone is 4. The van der Waals surface area contributed by atoms with Crippen molar-refractivity contribution in [3.8, 4) is 0 Å². The van der Waals surface area contributed by atoms with Crippen LogP contribution in [-0.4, -0.2) is 73.5 Å². The molecule has 3 saturated carbocycles. The monoisotopic (exact) mass is 653 g/mol. The van der Waals surface area contributed by atoms with Crippen LogP contribution in [0.3, 0.4) is 0 Å². The number of nitrogens with zero attached hydrogens (tertiary/aromatic N) is 1. The lowest BCUT2D eigenvalue weighted by molar-refractivity contribution is -0.173. The number of hydrogen-bond acceptors (Lipinski definition) is 7. The van der Waals surface area contributed by atoms with Crippen LogP contribution in [0.15, 0.2) is 54.1 Å². The summed E-state index contributed by atoms with van der Waals surface area (Å²) in [7, 11) is -1.96. The fourth-order valence-corrected chi connectivity index (χ4v) is 12.8. The Bertz CT molecular complexity index is 1660. The molecule has 0 radical (unpaired) electrons. The van der Waals surface area contributed by atoms with Gasteiger partial charge in [-0.25, -0.2) is 8.42 Å². The van der Waals surface area contributed by atoms with Crippen LogP contribution < -0.4 is 0 Å². The molecule has 2 N–H and O–H groups in total. The molecule has 6 aliphatic carbocycles. The number of aliphatic hydroxyl groups excluding tert-OH is 1. The third-order valence-electron chi connectivity index (χ3n) is 13.3. The van der Waals surface area contributed by atoms with Crippen molar-refractivity contribution < 1.29 is 28.2 Å². The van der Waals surface area contributed by atoms with Crippen molar-refractivity contribution >= 4 is 37.2 Å². The summed E-state index contributed by atoms with van der Waals surface area (Å²) in [5.74, 6) is 0.218. The highest BCUT2D eigenvalue weighted by atomic mass is 32.2. The van der Waals surface area contributed by atoms with Crippen molar-refractivity contribution in [2.75, 3.05) is 33.1 Å². The Balaban J connectivity index is 1.34. The van der Waals surface area contributed by atoms with Crippen LogP contribution >= 0.6 is 11.3 Å². The molecule has 0 amide bonds. The zero-order valence-corrected chi connectivity index (χ0v) is 28.6. The highest BCUT2D eigenvalue weighted by Gasteiger charge is 2.74. The first kappa shape index (κ1) is 31.7. The molecule has 1 heterocycles. The Morgan fingerprint density at radius 3 is 2.51 bits per heavy atom. The second-order valence-electron chi connectivity index (χ2n) is 15.2. The number of sulfonamides is 1. The van der Waals surface area contributed by atoms with Crippen LogP contribution in [-0.2, 0) is 14.8 Å². The molecule has 6 aliphatic rings. The molecule has 2 aromatic rings. The maximum absolute atomic E-state index is 14.9. The zero-order valence-electron chi connectivity index (χ0n) is 26.9. The summed E-state index contributed by atoms with van der Waals surface area (Å²) in [6.07, 6.45) is 13.3. The second-order valence-corrected chi connectivity index (χ2v) is 18.3. The van der Waals surface area contributed by atoms with Crippen LogP contribution in [0.4, 0.5) is 0 Å². The standard InChI is InChI=1S/C36H47NO6S2/c1-32-13-10-25(38)21-34(32)16-17-36(26(22-34)31(39)28-20-24-8-5-6-9-27(24)44-28)29(32)11-14-33(2)30(36)12-15-35(33,40)23-37(45(4,41)42)18-7-19-43-3/h5-6,8-9,16-17,20,22,25,29-30,38,40H,7,10-15,18-19,21,23H2,1-4H3. The second kappa shape index (κ2) is 10.6. The number of fused-ring (bicyclic) bond motifs is 2. The predicted molar refractivity (Wildman–Crippen MR) is 178 cm³/mol. The number of rotatable bonds is 9. The fourth-order valence-electron chi connectivity index (χ4n) is 10.9. The molecule has 0 saturated heterocycles. The number of carbonyl (C=O) groups excluding carboxylic acids is 1. The van der Waals surface area contributed by atoms with Crippen LogP contribution in [0.2, 0.25) is 0 Å². The molecule has 3 fully saturated rings. The number of ketones is 1. The van der Waals surface area contributed by atoms with E-state index < -0.39 is 38.0 Å². The maximum atomic E-state index is 14.9. The SMILES string of the molecule is COCCCN(CC1(O)CCC2C34C=CC5(C=C3C(=O)c3cc6ccccc6s3)CC(O)CCC5(C)C4CCC21C)S(C)(=O)=O. The van der Waals surface area contributed by atoms with Crippen molar-refractivity contribution in [1.82, 2.24) is 4.31 Å². The number of benzene rings is 1. The average Bonchev–Trinajstić information content (AvgIpc) is 3.54. The van der Waals surface area contributed by atoms with Crippen molar-refractivity contribution in [2.24, 2.45) is 33.5 Å². The van der Waals surface area contributed by atoms with Gasteiger partial charge in [-0.15, -0.1) is 11.3 Å². The molecule has 0 aliphatic heterocycles. The highest BCUT2D eigenvalue weighted by Crippen LogP contribution is 2.78. The Morgan fingerprint density at radius 2 is 1.78 bits per heavy atom. The van der Waals surface area contributed by atoms with Gasteiger partial charge in [0.1, 0.15) is 0 Å². The van der Waals surface area contributed by atoms with E-state index in [0.29, 0.717) is 38.8 Å². The minimum atomic E-state index is -3.56. The lowest BCUT2D eigenvalue weighted by Crippen LogP contribution is -2.67. The quantitative estimate of drug-likeness (QED) is 0.196. The molecule has 8 unspecified atom stereocenters. The minimum Gasteiger partial charge on any atom is -0.393 e. The number of thiophene rings is 1.